The Balaban J connectivity index is 2.04. The molecule has 0 aliphatic carbocycles. The predicted octanol–water partition coefficient (Wildman–Crippen LogP) is 4.11. The number of nitrogens with zero attached hydrogens (tertiary/aromatic N) is 2. The number of hydrogen-bond acceptors (Lipinski definition) is 4. The second-order valence-corrected chi connectivity index (χ2v) is 7.92. The van der Waals surface area contributed by atoms with Gasteiger partial charge in [-0.15, -0.1) is 0 Å². The zero-order valence-electron chi connectivity index (χ0n) is 16.8. The van der Waals surface area contributed by atoms with Gasteiger partial charge in [-0.3, -0.25) is 9.78 Å². The van der Waals surface area contributed by atoms with Crippen molar-refractivity contribution in [1.29, 1.82) is 0 Å². The van der Waals surface area contributed by atoms with Gasteiger partial charge in [-0.2, -0.15) is 0 Å². The molecule has 0 radical (unpaired) electrons. The number of carboxylic acid groups (broad SMARTS) is 1. The molecule has 1 amide bonds. The van der Waals surface area contributed by atoms with Crippen LogP contribution in [0.4, 0.5) is 4.79 Å². The number of nitrogens with one attached hydrogen (secondary N) is 1. The summed E-state index contributed by atoms with van der Waals surface area (Å²) in [5, 5.41) is 14.0. The number of ether oxygens (including phenoxy) is 1. The van der Waals surface area contributed by atoms with Crippen molar-refractivity contribution in [1.82, 2.24) is 14.9 Å². The molecule has 3 rings (SSSR count). The number of pyridine rings is 2. The fourth-order valence-corrected chi connectivity index (χ4v) is 3.98. The Labute approximate surface area is 173 Å². The number of benzene rings is 1. The molecule has 2 heterocycles. The highest BCUT2D eigenvalue weighted by molar-refractivity contribution is 6.37. The number of amides is 1. The molecule has 154 valence electrons. The fraction of sp³-hybridized carbons (Fsp3) is 0.381. The highest BCUT2D eigenvalue weighted by Gasteiger charge is 2.18. The average Bonchev–Trinajstić information content (AvgIpc) is 2.63. The van der Waals surface area contributed by atoms with E-state index in [9.17, 15) is 9.59 Å². The minimum absolute atomic E-state index is 0.139. The Morgan fingerprint density at radius 1 is 1.31 bits per heavy atom. The van der Waals surface area contributed by atoms with Crippen LogP contribution in [-0.2, 0) is 7.05 Å². The normalized spacial score (nSPS) is 12.5. The second-order valence-electron chi connectivity index (χ2n) is 7.54. The van der Waals surface area contributed by atoms with E-state index in [-0.39, 0.29) is 18.2 Å². The monoisotopic (exact) mass is 417 g/mol. The molecule has 0 spiro atoms. The highest BCUT2D eigenvalue weighted by atomic mass is 35.5. The van der Waals surface area contributed by atoms with E-state index in [1.165, 1.54) is 4.57 Å². The Bertz CT molecular complexity index is 1140. The summed E-state index contributed by atoms with van der Waals surface area (Å²) in [5.74, 6) is 0.701. The lowest BCUT2D eigenvalue weighted by Gasteiger charge is -2.20. The minimum Gasteiger partial charge on any atom is -0.490 e. The number of aryl methyl sites for hydroxylation is 2. The molecule has 29 heavy (non-hydrogen) atoms. The molecule has 0 bridgehead atoms. The SMILES string of the molecule is Cc1nccc2c1c(=O)n(C)c1c(Cl)c(OCC(CC(C)C)NC(=O)O)ccc21. The molecule has 0 fully saturated rings. The smallest absolute Gasteiger partial charge is 0.404 e. The van der Waals surface area contributed by atoms with Crippen molar-refractivity contribution in [3.63, 3.8) is 0 Å². The molecule has 3 aromatic rings. The number of aromatic nitrogens is 2. The summed E-state index contributed by atoms with van der Waals surface area (Å²) in [6, 6.07) is 5.05. The number of hydrogen-bond donors (Lipinski definition) is 2. The molecular formula is C21H24ClN3O4. The van der Waals surface area contributed by atoms with E-state index in [4.69, 9.17) is 21.4 Å². The number of halogens is 1. The van der Waals surface area contributed by atoms with Gasteiger partial charge in [0.1, 0.15) is 17.4 Å². The third-order valence-electron chi connectivity index (χ3n) is 4.89. The van der Waals surface area contributed by atoms with Gasteiger partial charge in [0.05, 0.1) is 22.6 Å². The average molecular weight is 418 g/mol. The molecule has 2 N–H and O–H groups in total. The fourth-order valence-electron chi connectivity index (χ4n) is 3.64. The number of carbonyl (C=O) groups is 1. The first-order valence-electron chi connectivity index (χ1n) is 9.39. The zero-order chi connectivity index (χ0) is 21.3. The molecule has 0 saturated heterocycles. The van der Waals surface area contributed by atoms with Gasteiger partial charge in [0, 0.05) is 18.6 Å². The summed E-state index contributed by atoms with van der Waals surface area (Å²) in [7, 11) is 1.67. The molecule has 0 aliphatic heterocycles. The standard InChI is InChI=1S/C21H24ClN3O4/c1-11(2)9-13(24-21(27)28)10-29-16-6-5-15-14-7-8-23-12(3)17(14)20(26)25(4)19(15)18(16)22/h5-8,11,13,24H,9-10H2,1-4H3,(H,27,28). The summed E-state index contributed by atoms with van der Waals surface area (Å²) in [4.78, 5) is 28.2. The zero-order valence-corrected chi connectivity index (χ0v) is 17.6. The van der Waals surface area contributed by atoms with Crippen LogP contribution in [0.25, 0.3) is 21.7 Å². The Morgan fingerprint density at radius 2 is 2.03 bits per heavy atom. The molecule has 0 aliphatic rings. The van der Waals surface area contributed by atoms with Crippen LogP contribution in [0.2, 0.25) is 5.02 Å². The largest absolute Gasteiger partial charge is 0.490 e. The Hall–Kier alpha value is -2.80. The topological polar surface area (TPSA) is 93.5 Å². The molecule has 0 saturated carbocycles. The minimum atomic E-state index is -1.10. The van der Waals surface area contributed by atoms with Gasteiger partial charge < -0.3 is 19.7 Å². The van der Waals surface area contributed by atoms with Crippen molar-refractivity contribution in [2.45, 2.75) is 33.2 Å². The van der Waals surface area contributed by atoms with Gasteiger partial charge in [0.15, 0.2) is 0 Å². The van der Waals surface area contributed by atoms with E-state index in [1.54, 1.807) is 32.3 Å². The molecule has 1 atom stereocenters. The van der Waals surface area contributed by atoms with Crippen LogP contribution >= 0.6 is 11.6 Å². The first-order valence-corrected chi connectivity index (χ1v) is 9.77. The van der Waals surface area contributed by atoms with Gasteiger partial charge in [-0.05, 0) is 42.8 Å². The summed E-state index contributed by atoms with van der Waals surface area (Å²) >= 11 is 6.62. The van der Waals surface area contributed by atoms with Crippen LogP contribution in [0.1, 0.15) is 26.0 Å². The molecule has 8 heteroatoms. The summed E-state index contributed by atoms with van der Waals surface area (Å²) < 4.78 is 7.36. The highest BCUT2D eigenvalue weighted by Crippen LogP contribution is 2.35. The van der Waals surface area contributed by atoms with Crippen LogP contribution in [0.3, 0.4) is 0 Å². The van der Waals surface area contributed by atoms with E-state index in [1.807, 2.05) is 19.9 Å². The van der Waals surface area contributed by atoms with Crippen molar-refractivity contribution in [3.05, 3.63) is 45.5 Å². The number of fused-ring (bicyclic) bond motifs is 3. The lowest BCUT2D eigenvalue weighted by atomic mass is 10.0. The summed E-state index contributed by atoms with van der Waals surface area (Å²) in [5.41, 5.74) is 1.05. The third-order valence-corrected chi connectivity index (χ3v) is 5.25. The molecule has 1 aromatic carbocycles. The van der Waals surface area contributed by atoms with Gasteiger partial charge in [-0.1, -0.05) is 25.4 Å². The van der Waals surface area contributed by atoms with Crippen molar-refractivity contribution in [2.24, 2.45) is 13.0 Å². The molecule has 2 aromatic heterocycles. The summed E-state index contributed by atoms with van der Waals surface area (Å²) in [6.45, 7) is 5.97. The maximum atomic E-state index is 12.9. The van der Waals surface area contributed by atoms with Crippen LogP contribution in [0.15, 0.2) is 29.2 Å². The Morgan fingerprint density at radius 3 is 2.69 bits per heavy atom. The van der Waals surface area contributed by atoms with Gasteiger partial charge in [0.2, 0.25) is 0 Å². The predicted molar refractivity (Wildman–Crippen MR) is 114 cm³/mol. The van der Waals surface area contributed by atoms with E-state index in [0.29, 0.717) is 39.7 Å². The van der Waals surface area contributed by atoms with E-state index in [2.05, 4.69) is 10.3 Å². The molecule has 7 nitrogen and oxygen atoms in total. The third kappa shape index (κ3) is 4.15. The van der Waals surface area contributed by atoms with Crippen molar-refractivity contribution >= 4 is 39.4 Å². The molecule has 1 unspecified atom stereocenters. The van der Waals surface area contributed by atoms with Crippen LogP contribution < -0.4 is 15.6 Å². The van der Waals surface area contributed by atoms with E-state index in [0.717, 1.165) is 10.8 Å². The Kier molecular flexibility index (Phi) is 5.98. The van der Waals surface area contributed by atoms with Crippen molar-refractivity contribution in [2.75, 3.05) is 6.61 Å². The maximum absolute atomic E-state index is 12.9. The van der Waals surface area contributed by atoms with Crippen LogP contribution in [-0.4, -0.2) is 33.4 Å². The van der Waals surface area contributed by atoms with Gasteiger partial charge >= 0.3 is 6.09 Å². The number of rotatable bonds is 6. The lowest BCUT2D eigenvalue weighted by Crippen LogP contribution is -2.39. The second kappa shape index (κ2) is 8.29. The van der Waals surface area contributed by atoms with Gasteiger partial charge in [-0.25, -0.2) is 4.79 Å². The maximum Gasteiger partial charge on any atom is 0.404 e. The van der Waals surface area contributed by atoms with Crippen molar-refractivity contribution < 1.29 is 14.6 Å². The quantitative estimate of drug-likeness (QED) is 0.588. The van der Waals surface area contributed by atoms with Gasteiger partial charge in [0.25, 0.3) is 5.56 Å². The van der Waals surface area contributed by atoms with E-state index >= 15 is 0 Å². The van der Waals surface area contributed by atoms with Crippen molar-refractivity contribution in [3.8, 4) is 5.75 Å². The first-order chi connectivity index (χ1) is 13.7. The lowest BCUT2D eigenvalue weighted by molar-refractivity contribution is 0.176. The summed E-state index contributed by atoms with van der Waals surface area (Å²) in [6.07, 6.45) is 1.21. The van der Waals surface area contributed by atoms with E-state index < -0.39 is 6.09 Å². The molecular weight excluding hydrogens is 394 g/mol. The van der Waals surface area contributed by atoms with Crippen LogP contribution in [0.5, 0.6) is 5.75 Å². The van der Waals surface area contributed by atoms with Crippen LogP contribution in [0, 0.1) is 12.8 Å². The first kappa shape index (κ1) is 20.9.